The molecule has 0 amide bonds. The van der Waals surface area contributed by atoms with E-state index in [9.17, 15) is 0 Å². The Balaban J connectivity index is 1.51. The summed E-state index contributed by atoms with van der Waals surface area (Å²) >= 11 is 1.66. The monoisotopic (exact) mass is 289 g/mol. The number of nitrogens with zero attached hydrogens (tertiary/aromatic N) is 3. The van der Waals surface area contributed by atoms with Gasteiger partial charge in [0, 0.05) is 30.1 Å². The Kier molecular flexibility index (Phi) is 3.11. The van der Waals surface area contributed by atoms with Gasteiger partial charge in [-0.3, -0.25) is 4.90 Å². The van der Waals surface area contributed by atoms with E-state index in [2.05, 4.69) is 27.3 Å². The van der Waals surface area contributed by atoms with E-state index in [-0.39, 0.29) is 0 Å². The van der Waals surface area contributed by atoms with Crippen LogP contribution in [0.15, 0.2) is 21.3 Å². The second-order valence-electron chi connectivity index (χ2n) is 6.19. The van der Waals surface area contributed by atoms with Crippen molar-refractivity contribution >= 4 is 11.3 Å². The molecule has 5 heteroatoms. The van der Waals surface area contributed by atoms with Gasteiger partial charge in [0.1, 0.15) is 0 Å². The van der Waals surface area contributed by atoms with Crippen LogP contribution in [-0.2, 0) is 0 Å². The topological polar surface area (TPSA) is 42.2 Å². The van der Waals surface area contributed by atoms with Gasteiger partial charge in [-0.15, -0.1) is 0 Å². The van der Waals surface area contributed by atoms with E-state index in [1.165, 1.54) is 25.8 Å². The van der Waals surface area contributed by atoms with Crippen molar-refractivity contribution in [2.75, 3.05) is 13.1 Å². The summed E-state index contributed by atoms with van der Waals surface area (Å²) < 4.78 is 5.52. The molecule has 0 aliphatic carbocycles. The number of thiophene rings is 1. The number of hydrogen-bond acceptors (Lipinski definition) is 5. The highest BCUT2D eigenvalue weighted by atomic mass is 32.1. The summed E-state index contributed by atoms with van der Waals surface area (Å²) in [6, 6.07) is 2.83. The van der Waals surface area contributed by atoms with Gasteiger partial charge < -0.3 is 4.52 Å². The Hall–Kier alpha value is -1.20. The predicted octanol–water partition coefficient (Wildman–Crippen LogP) is 3.39. The summed E-state index contributed by atoms with van der Waals surface area (Å²) in [5.41, 5.74) is 1.06. The van der Waals surface area contributed by atoms with Crippen LogP contribution in [0, 0.1) is 5.92 Å². The largest absolute Gasteiger partial charge is 0.339 e. The zero-order valence-electron chi connectivity index (χ0n) is 11.7. The van der Waals surface area contributed by atoms with Crippen molar-refractivity contribution in [3.8, 4) is 11.4 Å². The molecule has 4 rings (SSSR count). The Bertz CT molecular complexity index is 580. The Morgan fingerprint density at radius 2 is 2.30 bits per heavy atom. The fraction of sp³-hybridized carbons (Fsp3) is 0.600. The van der Waals surface area contributed by atoms with Crippen LogP contribution in [0.5, 0.6) is 0 Å². The first-order chi connectivity index (χ1) is 9.79. The summed E-state index contributed by atoms with van der Waals surface area (Å²) in [4.78, 5) is 7.23. The molecule has 2 aromatic rings. The van der Waals surface area contributed by atoms with Crippen LogP contribution in [0.3, 0.4) is 0 Å². The number of piperidine rings is 1. The van der Waals surface area contributed by atoms with Crippen molar-refractivity contribution in [1.29, 1.82) is 0 Å². The first kappa shape index (κ1) is 12.5. The molecule has 0 saturated carbocycles. The van der Waals surface area contributed by atoms with Gasteiger partial charge in [-0.1, -0.05) is 12.1 Å². The molecule has 3 atom stereocenters. The highest BCUT2D eigenvalue weighted by Crippen LogP contribution is 2.36. The fourth-order valence-electron chi connectivity index (χ4n) is 3.64. The lowest BCUT2D eigenvalue weighted by atomic mass is 9.92. The number of aromatic nitrogens is 2. The maximum Gasteiger partial charge on any atom is 0.231 e. The van der Waals surface area contributed by atoms with Crippen molar-refractivity contribution in [2.45, 2.75) is 38.1 Å². The SMILES string of the molecule is CC1CC2CCC(c3nc(-c4ccsc4)no3)CN2C1. The molecule has 4 nitrogen and oxygen atoms in total. The van der Waals surface area contributed by atoms with Gasteiger partial charge in [0.2, 0.25) is 11.7 Å². The fourth-order valence-corrected chi connectivity index (χ4v) is 4.28. The average Bonchev–Trinajstić information content (AvgIpc) is 3.17. The smallest absolute Gasteiger partial charge is 0.231 e. The molecule has 2 saturated heterocycles. The zero-order valence-corrected chi connectivity index (χ0v) is 12.5. The minimum atomic E-state index is 0.413. The second-order valence-corrected chi connectivity index (χ2v) is 6.97. The number of hydrogen-bond donors (Lipinski definition) is 0. The lowest BCUT2D eigenvalue weighted by Crippen LogP contribution is -2.38. The summed E-state index contributed by atoms with van der Waals surface area (Å²) in [6.45, 7) is 4.67. The van der Waals surface area contributed by atoms with Crippen molar-refractivity contribution < 1.29 is 4.52 Å². The molecule has 2 aliphatic rings. The van der Waals surface area contributed by atoms with Crippen molar-refractivity contribution in [2.24, 2.45) is 5.92 Å². The van der Waals surface area contributed by atoms with Crippen LogP contribution in [0.25, 0.3) is 11.4 Å². The lowest BCUT2D eigenvalue weighted by molar-refractivity contribution is 0.160. The van der Waals surface area contributed by atoms with Gasteiger partial charge in [0.15, 0.2) is 0 Å². The van der Waals surface area contributed by atoms with Crippen LogP contribution >= 0.6 is 11.3 Å². The summed E-state index contributed by atoms with van der Waals surface area (Å²) in [7, 11) is 0. The molecular weight excluding hydrogens is 270 g/mol. The minimum absolute atomic E-state index is 0.413. The molecule has 2 aromatic heterocycles. The molecule has 0 aromatic carbocycles. The van der Waals surface area contributed by atoms with Crippen LogP contribution in [0.2, 0.25) is 0 Å². The Morgan fingerprint density at radius 3 is 3.15 bits per heavy atom. The van der Waals surface area contributed by atoms with Gasteiger partial charge in [-0.2, -0.15) is 16.3 Å². The molecule has 4 heterocycles. The maximum atomic E-state index is 5.52. The number of rotatable bonds is 2. The molecule has 0 bridgehead atoms. The van der Waals surface area contributed by atoms with E-state index in [1.54, 1.807) is 11.3 Å². The second kappa shape index (κ2) is 4.97. The molecule has 2 fully saturated rings. The highest BCUT2D eigenvalue weighted by molar-refractivity contribution is 7.08. The van der Waals surface area contributed by atoms with Gasteiger partial charge in [0.25, 0.3) is 0 Å². The third-order valence-electron chi connectivity index (χ3n) is 4.61. The van der Waals surface area contributed by atoms with Gasteiger partial charge >= 0.3 is 0 Å². The molecule has 0 N–H and O–H groups in total. The molecule has 0 spiro atoms. The standard InChI is InChI=1S/C15H19N3OS/c1-10-6-13-3-2-11(8-18(13)7-10)15-16-14(17-19-15)12-4-5-20-9-12/h4-5,9-11,13H,2-3,6-8H2,1H3. The van der Waals surface area contributed by atoms with Crippen LogP contribution in [0.4, 0.5) is 0 Å². The summed E-state index contributed by atoms with van der Waals surface area (Å²) in [6.07, 6.45) is 3.81. The quantitative estimate of drug-likeness (QED) is 0.850. The third kappa shape index (κ3) is 2.19. The summed E-state index contributed by atoms with van der Waals surface area (Å²) in [5, 5.41) is 8.24. The highest BCUT2D eigenvalue weighted by Gasteiger charge is 2.37. The number of fused-ring (bicyclic) bond motifs is 1. The Labute approximate surface area is 122 Å². The molecule has 0 radical (unpaired) electrons. The van der Waals surface area contributed by atoms with Crippen LogP contribution in [0.1, 0.15) is 38.0 Å². The van der Waals surface area contributed by atoms with E-state index in [4.69, 9.17) is 4.52 Å². The Morgan fingerprint density at radius 1 is 1.35 bits per heavy atom. The molecule has 20 heavy (non-hydrogen) atoms. The van der Waals surface area contributed by atoms with Crippen molar-refractivity contribution in [3.05, 3.63) is 22.7 Å². The predicted molar refractivity (Wildman–Crippen MR) is 78.7 cm³/mol. The van der Waals surface area contributed by atoms with E-state index < -0.39 is 0 Å². The lowest BCUT2D eigenvalue weighted by Gasteiger charge is -2.33. The molecule has 2 aliphatic heterocycles. The molecular formula is C15H19N3OS. The van der Waals surface area contributed by atoms with Gasteiger partial charge in [0.05, 0.1) is 5.92 Å². The third-order valence-corrected chi connectivity index (χ3v) is 5.29. The van der Waals surface area contributed by atoms with Gasteiger partial charge in [-0.25, -0.2) is 0 Å². The zero-order chi connectivity index (χ0) is 13.5. The maximum absolute atomic E-state index is 5.52. The normalized spacial score (nSPS) is 30.6. The van der Waals surface area contributed by atoms with Gasteiger partial charge in [-0.05, 0) is 36.6 Å². The van der Waals surface area contributed by atoms with Crippen molar-refractivity contribution in [1.82, 2.24) is 15.0 Å². The van der Waals surface area contributed by atoms with Crippen molar-refractivity contribution in [3.63, 3.8) is 0 Å². The van der Waals surface area contributed by atoms with Crippen LogP contribution in [-0.4, -0.2) is 34.2 Å². The van der Waals surface area contributed by atoms with E-state index >= 15 is 0 Å². The first-order valence-corrected chi connectivity index (χ1v) is 8.34. The summed E-state index contributed by atoms with van der Waals surface area (Å²) in [5.74, 6) is 2.81. The average molecular weight is 289 g/mol. The van der Waals surface area contributed by atoms with E-state index in [0.29, 0.717) is 5.92 Å². The van der Waals surface area contributed by atoms with Crippen LogP contribution < -0.4 is 0 Å². The van der Waals surface area contributed by atoms with E-state index in [1.807, 2.05) is 11.4 Å². The van der Waals surface area contributed by atoms with E-state index in [0.717, 1.165) is 35.8 Å². The molecule has 3 unspecified atom stereocenters. The minimum Gasteiger partial charge on any atom is -0.339 e. The first-order valence-electron chi connectivity index (χ1n) is 7.40. The molecule has 106 valence electrons.